The molecular formula is C24H27N5O3. The number of rotatable bonds is 5. The summed E-state index contributed by atoms with van der Waals surface area (Å²) in [6.45, 7) is 6.49. The predicted molar refractivity (Wildman–Crippen MR) is 122 cm³/mol. The molecule has 4 rings (SSSR count). The van der Waals surface area contributed by atoms with Crippen LogP contribution in [0.25, 0.3) is 5.82 Å². The average Bonchev–Trinajstić information content (AvgIpc) is 3.38. The molecule has 0 saturated carbocycles. The van der Waals surface area contributed by atoms with Crippen molar-refractivity contribution in [3.63, 3.8) is 0 Å². The lowest BCUT2D eigenvalue weighted by Crippen LogP contribution is -2.28. The second-order valence-corrected chi connectivity index (χ2v) is 8.86. The van der Waals surface area contributed by atoms with Gasteiger partial charge in [-0.05, 0) is 24.3 Å². The number of amides is 2. The summed E-state index contributed by atoms with van der Waals surface area (Å²) in [5.74, 6) is 1.02. The van der Waals surface area contributed by atoms with E-state index >= 15 is 0 Å². The molecule has 32 heavy (non-hydrogen) atoms. The highest BCUT2D eigenvalue weighted by atomic mass is 16.5. The number of aromatic nitrogens is 3. The maximum Gasteiger partial charge on any atom is 0.230 e. The van der Waals surface area contributed by atoms with Gasteiger partial charge in [-0.25, -0.2) is 4.98 Å². The number of hydrogen-bond acceptors (Lipinski definition) is 5. The normalized spacial score (nSPS) is 16.3. The molecule has 3 heterocycles. The van der Waals surface area contributed by atoms with Crippen LogP contribution in [0.1, 0.15) is 32.9 Å². The molecule has 2 aromatic heterocycles. The fraction of sp³-hybridized carbons (Fsp3) is 0.333. The Kier molecular flexibility index (Phi) is 5.69. The molecule has 1 aromatic carbocycles. The minimum Gasteiger partial charge on any atom is -0.497 e. The van der Waals surface area contributed by atoms with Crippen molar-refractivity contribution in [1.29, 1.82) is 0 Å². The Morgan fingerprint density at radius 3 is 2.66 bits per heavy atom. The lowest BCUT2D eigenvalue weighted by atomic mass is 9.92. The number of benzene rings is 1. The van der Waals surface area contributed by atoms with E-state index in [9.17, 15) is 9.59 Å². The number of hydrogen-bond donors (Lipinski definition) is 1. The maximum absolute atomic E-state index is 13.1. The van der Waals surface area contributed by atoms with Gasteiger partial charge in [-0.1, -0.05) is 32.9 Å². The number of anilines is 2. The zero-order chi connectivity index (χ0) is 22.9. The van der Waals surface area contributed by atoms with Crippen LogP contribution < -0.4 is 15.0 Å². The highest BCUT2D eigenvalue weighted by Gasteiger charge is 2.36. The van der Waals surface area contributed by atoms with Gasteiger partial charge in [0.15, 0.2) is 5.82 Å². The van der Waals surface area contributed by atoms with Crippen molar-refractivity contribution in [2.45, 2.75) is 32.6 Å². The minimum atomic E-state index is -0.473. The predicted octanol–water partition coefficient (Wildman–Crippen LogP) is 3.57. The number of carbonyl (C=O) groups excluding carboxylic acids is 2. The molecule has 1 unspecified atom stereocenters. The van der Waals surface area contributed by atoms with Crippen LogP contribution in [0.3, 0.4) is 0 Å². The Labute approximate surface area is 187 Å². The van der Waals surface area contributed by atoms with E-state index in [1.807, 2.05) is 42.5 Å². The standard InChI is InChI=1S/C24H27N5O3/c1-24(2,3)19-14-21(29(27-19)20-10-5-6-11-25-20)26-23(31)16-12-22(30)28(15-16)17-8-7-9-18(13-17)32-4/h5-11,13-14,16H,12,15H2,1-4H3,(H,26,31). The topological polar surface area (TPSA) is 89.3 Å². The zero-order valence-corrected chi connectivity index (χ0v) is 18.7. The SMILES string of the molecule is COc1cccc(N2CC(C(=O)Nc3cc(C(C)(C)C)nn3-c3ccccn3)CC2=O)c1. The van der Waals surface area contributed by atoms with Crippen LogP contribution in [0, 0.1) is 5.92 Å². The molecule has 1 N–H and O–H groups in total. The van der Waals surface area contributed by atoms with Gasteiger partial charge in [0, 0.05) is 42.4 Å². The van der Waals surface area contributed by atoms with Crippen molar-refractivity contribution in [2.24, 2.45) is 5.92 Å². The zero-order valence-electron chi connectivity index (χ0n) is 18.7. The van der Waals surface area contributed by atoms with Gasteiger partial charge in [0.2, 0.25) is 11.8 Å². The molecule has 166 valence electrons. The van der Waals surface area contributed by atoms with E-state index in [0.29, 0.717) is 23.9 Å². The van der Waals surface area contributed by atoms with Gasteiger partial charge < -0.3 is 15.0 Å². The summed E-state index contributed by atoms with van der Waals surface area (Å²) in [6, 6.07) is 14.7. The first-order valence-corrected chi connectivity index (χ1v) is 10.5. The molecular weight excluding hydrogens is 406 g/mol. The van der Waals surface area contributed by atoms with E-state index in [-0.39, 0.29) is 23.7 Å². The van der Waals surface area contributed by atoms with E-state index in [0.717, 1.165) is 11.4 Å². The first-order valence-electron chi connectivity index (χ1n) is 10.5. The molecule has 1 aliphatic heterocycles. The molecule has 1 aliphatic rings. The number of pyridine rings is 1. The van der Waals surface area contributed by atoms with Gasteiger partial charge in [-0.2, -0.15) is 9.78 Å². The number of ether oxygens (including phenoxy) is 1. The van der Waals surface area contributed by atoms with Crippen LogP contribution in [0.15, 0.2) is 54.7 Å². The van der Waals surface area contributed by atoms with Crippen molar-refractivity contribution in [3.05, 3.63) is 60.4 Å². The summed E-state index contributed by atoms with van der Waals surface area (Å²) in [4.78, 5) is 31.8. The summed E-state index contributed by atoms with van der Waals surface area (Å²) in [7, 11) is 1.58. The molecule has 8 heteroatoms. The van der Waals surface area contributed by atoms with Crippen LogP contribution in [0.5, 0.6) is 5.75 Å². The number of nitrogens with zero attached hydrogens (tertiary/aromatic N) is 4. The Balaban J connectivity index is 1.56. The van der Waals surface area contributed by atoms with Crippen molar-refractivity contribution >= 4 is 23.3 Å². The number of carbonyl (C=O) groups is 2. The van der Waals surface area contributed by atoms with Gasteiger partial charge in [0.05, 0.1) is 18.7 Å². The van der Waals surface area contributed by atoms with Crippen LogP contribution in [0.2, 0.25) is 0 Å². The Morgan fingerprint density at radius 2 is 1.97 bits per heavy atom. The molecule has 0 aliphatic carbocycles. The number of methoxy groups -OCH3 is 1. The van der Waals surface area contributed by atoms with Crippen LogP contribution in [0.4, 0.5) is 11.5 Å². The highest BCUT2D eigenvalue weighted by molar-refractivity contribution is 6.03. The lowest BCUT2D eigenvalue weighted by Gasteiger charge is -2.17. The molecule has 3 aromatic rings. The molecule has 2 amide bonds. The fourth-order valence-electron chi connectivity index (χ4n) is 3.63. The van der Waals surface area contributed by atoms with Crippen LogP contribution >= 0.6 is 0 Å². The minimum absolute atomic E-state index is 0.0907. The van der Waals surface area contributed by atoms with E-state index in [4.69, 9.17) is 4.74 Å². The second kappa shape index (κ2) is 8.45. The fourth-order valence-corrected chi connectivity index (χ4v) is 3.63. The quantitative estimate of drug-likeness (QED) is 0.665. The van der Waals surface area contributed by atoms with Gasteiger partial charge >= 0.3 is 0 Å². The van der Waals surface area contributed by atoms with Crippen LogP contribution in [-0.4, -0.2) is 40.2 Å². The van der Waals surface area contributed by atoms with Gasteiger partial charge in [0.1, 0.15) is 11.6 Å². The maximum atomic E-state index is 13.1. The van der Waals surface area contributed by atoms with Crippen molar-refractivity contribution in [1.82, 2.24) is 14.8 Å². The summed E-state index contributed by atoms with van der Waals surface area (Å²) in [5, 5.41) is 7.65. The van der Waals surface area contributed by atoms with E-state index in [1.54, 1.807) is 29.0 Å². The lowest BCUT2D eigenvalue weighted by molar-refractivity contribution is -0.122. The van der Waals surface area contributed by atoms with Gasteiger partial charge in [-0.15, -0.1) is 0 Å². The Hall–Kier alpha value is -3.68. The Bertz CT molecular complexity index is 1130. The third kappa shape index (κ3) is 4.34. The summed E-state index contributed by atoms with van der Waals surface area (Å²) >= 11 is 0. The second-order valence-electron chi connectivity index (χ2n) is 8.86. The summed E-state index contributed by atoms with van der Waals surface area (Å²) in [5.41, 5.74) is 1.35. The average molecular weight is 434 g/mol. The van der Waals surface area contributed by atoms with E-state index < -0.39 is 5.92 Å². The molecule has 1 atom stereocenters. The highest BCUT2D eigenvalue weighted by Crippen LogP contribution is 2.30. The summed E-state index contributed by atoms with van der Waals surface area (Å²) in [6.07, 6.45) is 1.83. The molecule has 1 fully saturated rings. The van der Waals surface area contributed by atoms with Crippen molar-refractivity contribution in [3.8, 4) is 11.6 Å². The molecule has 1 saturated heterocycles. The third-order valence-corrected chi connectivity index (χ3v) is 5.46. The van der Waals surface area contributed by atoms with Crippen LogP contribution in [-0.2, 0) is 15.0 Å². The van der Waals surface area contributed by atoms with E-state index in [1.165, 1.54) is 0 Å². The third-order valence-electron chi connectivity index (χ3n) is 5.46. The largest absolute Gasteiger partial charge is 0.497 e. The van der Waals surface area contributed by atoms with Crippen molar-refractivity contribution < 1.29 is 14.3 Å². The summed E-state index contributed by atoms with van der Waals surface area (Å²) < 4.78 is 6.89. The molecule has 0 bridgehead atoms. The van der Waals surface area contributed by atoms with Gasteiger partial charge in [-0.3, -0.25) is 9.59 Å². The molecule has 0 spiro atoms. The molecule has 8 nitrogen and oxygen atoms in total. The molecule has 0 radical (unpaired) electrons. The van der Waals surface area contributed by atoms with E-state index in [2.05, 4.69) is 36.2 Å². The smallest absolute Gasteiger partial charge is 0.230 e. The van der Waals surface area contributed by atoms with Crippen molar-refractivity contribution in [2.75, 3.05) is 23.9 Å². The number of nitrogens with one attached hydrogen (secondary N) is 1. The monoisotopic (exact) mass is 433 g/mol. The Morgan fingerprint density at radius 1 is 1.16 bits per heavy atom. The first-order chi connectivity index (χ1) is 15.3. The first kappa shape index (κ1) is 21.5. The van der Waals surface area contributed by atoms with Gasteiger partial charge in [0.25, 0.3) is 0 Å².